The number of allylic oxidation sites excluding steroid dienone is 1. The minimum Gasteiger partial charge on any atom is -0.495 e. The monoisotopic (exact) mass is 521 g/mol. The number of amides is 2. The van der Waals surface area contributed by atoms with E-state index in [-0.39, 0.29) is 18.4 Å². The molecular weight excluding hydrogens is 490 g/mol. The smallest absolute Gasteiger partial charge is 0.260 e. The fraction of sp³-hybridized carbons (Fsp3) is 0.346. The number of carbonyl (C=O) groups excluding carboxylic acids is 2. The van der Waals surface area contributed by atoms with E-state index in [9.17, 15) is 9.59 Å². The summed E-state index contributed by atoms with van der Waals surface area (Å²) in [5.74, 6) is 1.27. The van der Waals surface area contributed by atoms with Gasteiger partial charge in [0.2, 0.25) is 5.95 Å². The second-order valence-corrected chi connectivity index (χ2v) is 8.43. The van der Waals surface area contributed by atoms with Crippen LogP contribution in [0.1, 0.15) is 32.4 Å². The molecule has 2 aromatic carbocycles. The molecule has 1 atom stereocenters. The quantitative estimate of drug-likeness (QED) is 0.413. The fourth-order valence-electron chi connectivity index (χ4n) is 4.33. The third-order valence-electron chi connectivity index (χ3n) is 6.28. The lowest BCUT2D eigenvalue weighted by molar-refractivity contribution is -0.133. The van der Waals surface area contributed by atoms with Crippen LogP contribution in [0.2, 0.25) is 0 Å². The number of fused-ring (bicyclic) bond motifs is 1. The first-order valence-electron chi connectivity index (χ1n) is 12.2. The van der Waals surface area contributed by atoms with Crippen molar-refractivity contribution in [2.75, 3.05) is 44.5 Å². The summed E-state index contributed by atoms with van der Waals surface area (Å²) in [6.45, 7) is 6.71. The molecule has 2 heterocycles. The maximum Gasteiger partial charge on any atom is 0.260 e. The first-order chi connectivity index (χ1) is 18.4. The zero-order valence-corrected chi connectivity index (χ0v) is 22.0. The maximum absolute atomic E-state index is 13.6. The van der Waals surface area contributed by atoms with Gasteiger partial charge in [0, 0.05) is 18.8 Å². The van der Waals surface area contributed by atoms with Crippen LogP contribution in [0.3, 0.4) is 0 Å². The molecule has 3 aromatic rings. The molecule has 0 aliphatic carbocycles. The Labute approximate surface area is 220 Å². The standard InChI is InChI=1S/C26H31N7O5/c1-6-32(7-2)22(34)15-38-20-13-12-17(14-21(20)37-5)24-23(16(3)27-26-29-30-31-33(24)26)25(35)28-18-10-8-9-11-19(18)36-4/h8-14,24H,6-7,15H2,1-5H3,(H,28,35)(H,27,29,31). The van der Waals surface area contributed by atoms with Gasteiger partial charge in [-0.15, -0.1) is 0 Å². The molecule has 0 saturated carbocycles. The fourth-order valence-corrected chi connectivity index (χ4v) is 4.33. The Balaban J connectivity index is 1.67. The first kappa shape index (κ1) is 26.5. The number of likely N-dealkylation sites (N-methyl/N-ethyl adjacent to an activating group) is 1. The molecule has 1 unspecified atom stereocenters. The van der Waals surface area contributed by atoms with E-state index in [0.717, 1.165) is 0 Å². The molecule has 2 amide bonds. The number of methoxy groups -OCH3 is 2. The Kier molecular flexibility index (Phi) is 8.09. The van der Waals surface area contributed by atoms with Crippen molar-refractivity contribution in [2.24, 2.45) is 0 Å². The Morgan fingerprint density at radius 2 is 1.79 bits per heavy atom. The summed E-state index contributed by atoms with van der Waals surface area (Å²) in [4.78, 5) is 27.7. The maximum atomic E-state index is 13.6. The molecule has 0 spiro atoms. The van der Waals surface area contributed by atoms with Crippen LogP contribution >= 0.6 is 0 Å². The van der Waals surface area contributed by atoms with Crippen molar-refractivity contribution >= 4 is 23.5 Å². The zero-order valence-electron chi connectivity index (χ0n) is 22.0. The average Bonchev–Trinajstić information content (AvgIpc) is 3.40. The van der Waals surface area contributed by atoms with Crippen molar-refractivity contribution < 1.29 is 23.8 Å². The molecule has 1 aliphatic heterocycles. The number of nitrogens with zero attached hydrogens (tertiary/aromatic N) is 5. The number of hydrogen-bond donors (Lipinski definition) is 2. The third-order valence-corrected chi connectivity index (χ3v) is 6.28. The van der Waals surface area contributed by atoms with Gasteiger partial charge in [-0.1, -0.05) is 23.3 Å². The van der Waals surface area contributed by atoms with E-state index < -0.39 is 6.04 Å². The van der Waals surface area contributed by atoms with Crippen LogP contribution in [-0.4, -0.2) is 70.8 Å². The van der Waals surface area contributed by atoms with Crippen LogP contribution in [-0.2, 0) is 9.59 Å². The number of benzene rings is 2. The van der Waals surface area contributed by atoms with Crippen LogP contribution in [0.4, 0.5) is 11.6 Å². The van der Waals surface area contributed by atoms with Gasteiger partial charge in [-0.3, -0.25) is 9.59 Å². The summed E-state index contributed by atoms with van der Waals surface area (Å²) in [6.07, 6.45) is 0. The highest BCUT2D eigenvalue weighted by atomic mass is 16.5. The number of hydrogen-bond acceptors (Lipinski definition) is 9. The second kappa shape index (κ2) is 11.6. The van der Waals surface area contributed by atoms with Gasteiger partial charge in [0.25, 0.3) is 11.8 Å². The molecule has 12 nitrogen and oxygen atoms in total. The van der Waals surface area contributed by atoms with Gasteiger partial charge >= 0.3 is 0 Å². The molecule has 0 saturated heterocycles. The van der Waals surface area contributed by atoms with Crippen molar-refractivity contribution in [3.8, 4) is 17.2 Å². The third kappa shape index (κ3) is 5.24. The molecular formula is C26H31N7O5. The van der Waals surface area contributed by atoms with Gasteiger partial charge in [-0.25, -0.2) is 0 Å². The predicted octanol–water partition coefficient (Wildman–Crippen LogP) is 2.87. The van der Waals surface area contributed by atoms with Crippen molar-refractivity contribution in [1.29, 1.82) is 0 Å². The highest BCUT2D eigenvalue weighted by molar-refractivity contribution is 6.06. The summed E-state index contributed by atoms with van der Waals surface area (Å²) in [6, 6.07) is 11.7. The van der Waals surface area contributed by atoms with Crippen molar-refractivity contribution in [3.05, 3.63) is 59.3 Å². The summed E-state index contributed by atoms with van der Waals surface area (Å²) in [7, 11) is 3.05. The number of ether oxygens (including phenoxy) is 3. The van der Waals surface area contributed by atoms with Crippen LogP contribution < -0.4 is 24.8 Å². The van der Waals surface area contributed by atoms with E-state index in [0.29, 0.717) is 58.8 Å². The van der Waals surface area contributed by atoms with E-state index in [1.807, 2.05) is 26.0 Å². The lowest BCUT2D eigenvalue weighted by atomic mass is 9.94. The molecule has 1 aromatic heterocycles. The summed E-state index contributed by atoms with van der Waals surface area (Å²) < 4.78 is 18.3. The molecule has 0 fully saturated rings. The molecule has 12 heteroatoms. The SMILES string of the molecule is CCN(CC)C(=O)COc1ccc(C2C(C(=O)Nc3ccccc3OC)=C(C)Nc3nnnn32)cc1OC. The predicted molar refractivity (Wildman–Crippen MR) is 140 cm³/mol. The van der Waals surface area contributed by atoms with Crippen molar-refractivity contribution in [2.45, 2.75) is 26.8 Å². The van der Waals surface area contributed by atoms with E-state index in [1.165, 1.54) is 11.8 Å². The minimum atomic E-state index is -0.670. The average molecular weight is 522 g/mol. The number of tetrazole rings is 1. The van der Waals surface area contributed by atoms with Crippen LogP contribution in [0.25, 0.3) is 0 Å². The van der Waals surface area contributed by atoms with E-state index in [1.54, 1.807) is 49.3 Å². The normalized spacial score (nSPS) is 14.3. The van der Waals surface area contributed by atoms with E-state index >= 15 is 0 Å². The Morgan fingerprint density at radius 3 is 2.50 bits per heavy atom. The number of para-hydroxylation sites is 2. The molecule has 38 heavy (non-hydrogen) atoms. The van der Waals surface area contributed by atoms with Gasteiger partial charge in [0.1, 0.15) is 11.8 Å². The molecule has 0 bridgehead atoms. The Bertz CT molecular complexity index is 1350. The number of aromatic nitrogens is 4. The van der Waals surface area contributed by atoms with Crippen LogP contribution in [0.5, 0.6) is 17.2 Å². The highest BCUT2D eigenvalue weighted by Crippen LogP contribution is 2.39. The number of carbonyl (C=O) groups is 2. The van der Waals surface area contributed by atoms with Crippen molar-refractivity contribution in [1.82, 2.24) is 25.1 Å². The summed E-state index contributed by atoms with van der Waals surface area (Å²) >= 11 is 0. The molecule has 200 valence electrons. The van der Waals surface area contributed by atoms with Gasteiger partial charge in [0.15, 0.2) is 18.1 Å². The molecule has 0 radical (unpaired) electrons. The van der Waals surface area contributed by atoms with E-state index in [2.05, 4.69) is 26.2 Å². The van der Waals surface area contributed by atoms with Gasteiger partial charge in [0.05, 0.1) is 25.5 Å². The zero-order chi connectivity index (χ0) is 27.2. The van der Waals surface area contributed by atoms with E-state index in [4.69, 9.17) is 14.2 Å². The van der Waals surface area contributed by atoms with Crippen molar-refractivity contribution in [3.63, 3.8) is 0 Å². The Morgan fingerprint density at radius 1 is 1.05 bits per heavy atom. The summed E-state index contributed by atoms with van der Waals surface area (Å²) in [5.41, 5.74) is 2.21. The Hall–Kier alpha value is -4.61. The largest absolute Gasteiger partial charge is 0.495 e. The lowest BCUT2D eigenvalue weighted by Crippen LogP contribution is -2.34. The first-order valence-corrected chi connectivity index (χ1v) is 12.2. The summed E-state index contributed by atoms with van der Waals surface area (Å²) in [5, 5.41) is 18.0. The van der Waals surface area contributed by atoms with Gasteiger partial charge < -0.3 is 29.7 Å². The lowest BCUT2D eigenvalue weighted by Gasteiger charge is -2.28. The van der Waals surface area contributed by atoms with Gasteiger partial charge in [-0.2, -0.15) is 4.68 Å². The van der Waals surface area contributed by atoms with Crippen LogP contribution in [0, 0.1) is 0 Å². The molecule has 2 N–H and O–H groups in total. The highest BCUT2D eigenvalue weighted by Gasteiger charge is 2.35. The number of nitrogens with one attached hydrogen (secondary N) is 2. The topological polar surface area (TPSA) is 133 Å². The van der Waals surface area contributed by atoms with Gasteiger partial charge in [-0.05, 0) is 61.0 Å². The number of anilines is 2. The molecule has 4 rings (SSSR count). The number of rotatable bonds is 10. The minimum absolute atomic E-state index is 0.118. The molecule has 1 aliphatic rings. The van der Waals surface area contributed by atoms with Crippen LogP contribution in [0.15, 0.2) is 53.7 Å². The second-order valence-electron chi connectivity index (χ2n) is 8.43.